The number of aromatic nitrogens is 1. The van der Waals surface area contributed by atoms with Crippen LogP contribution < -0.4 is 4.90 Å². The monoisotopic (exact) mass is 429 g/mol. The number of rotatable bonds is 12. The summed E-state index contributed by atoms with van der Waals surface area (Å²) in [5.41, 5.74) is 2.79. The van der Waals surface area contributed by atoms with Gasteiger partial charge < -0.3 is 28.7 Å². The maximum atomic E-state index is 10.4. The molecular formula is C23H31N3O5. The Morgan fingerprint density at radius 1 is 1.29 bits per heavy atom. The highest BCUT2D eigenvalue weighted by molar-refractivity contribution is 5.68. The number of hydrogen-bond acceptors (Lipinski definition) is 8. The molecule has 8 nitrogen and oxygen atoms in total. The Hall–Kier alpha value is -2.41. The Bertz CT molecular complexity index is 814. The summed E-state index contributed by atoms with van der Waals surface area (Å²) in [6.07, 6.45) is 4.55. The van der Waals surface area contributed by atoms with Crippen molar-refractivity contribution in [1.82, 2.24) is 10.1 Å². The summed E-state index contributed by atoms with van der Waals surface area (Å²) in [6.45, 7) is 5.31. The van der Waals surface area contributed by atoms with E-state index in [1.807, 2.05) is 30.3 Å². The molecule has 31 heavy (non-hydrogen) atoms. The Kier molecular flexibility index (Phi) is 9.34. The maximum absolute atomic E-state index is 10.4. The Balaban J connectivity index is 1.83. The minimum atomic E-state index is -0.669. The summed E-state index contributed by atoms with van der Waals surface area (Å²) >= 11 is 0. The normalized spacial score (nSPS) is 15.2. The molecule has 0 unspecified atom stereocenters. The van der Waals surface area contributed by atoms with Crippen molar-refractivity contribution in [2.24, 2.45) is 0 Å². The largest absolute Gasteiger partial charge is 0.389 e. The van der Waals surface area contributed by atoms with Crippen molar-refractivity contribution < 1.29 is 23.8 Å². The average Bonchev–Trinajstić information content (AvgIpc) is 3.22. The molecule has 2 aromatic rings. The number of ether oxygens (including phenoxy) is 3. The van der Waals surface area contributed by atoms with Crippen LogP contribution >= 0.6 is 0 Å². The van der Waals surface area contributed by atoms with Crippen molar-refractivity contribution in [3.8, 4) is 23.6 Å². The lowest BCUT2D eigenvalue weighted by atomic mass is 10.1. The van der Waals surface area contributed by atoms with E-state index in [-0.39, 0.29) is 13.2 Å². The number of nitrogens with zero attached hydrogens (tertiary/aromatic N) is 3. The number of aliphatic hydroxyl groups is 1. The van der Waals surface area contributed by atoms with Gasteiger partial charge in [-0.2, -0.15) is 0 Å². The van der Waals surface area contributed by atoms with E-state index in [1.165, 1.54) is 0 Å². The fraction of sp³-hybridized carbons (Fsp3) is 0.522. The van der Waals surface area contributed by atoms with Crippen LogP contribution in [-0.2, 0) is 20.8 Å². The second kappa shape index (κ2) is 12.4. The summed E-state index contributed by atoms with van der Waals surface area (Å²) in [5, 5.41) is 14.8. The number of anilines is 1. The van der Waals surface area contributed by atoms with Gasteiger partial charge in [0.15, 0.2) is 0 Å². The second-order valence-electron chi connectivity index (χ2n) is 7.38. The first kappa shape index (κ1) is 23.3. The fourth-order valence-electron chi connectivity index (χ4n) is 3.56. The van der Waals surface area contributed by atoms with Crippen molar-refractivity contribution in [2.45, 2.75) is 12.6 Å². The van der Waals surface area contributed by atoms with Crippen LogP contribution in [0.3, 0.4) is 0 Å². The third-order valence-electron chi connectivity index (χ3n) is 5.07. The summed E-state index contributed by atoms with van der Waals surface area (Å²) in [7, 11) is 1.67. The summed E-state index contributed by atoms with van der Waals surface area (Å²) in [5.74, 6) is 3.17. The molecule has 1 aromatic heterocycles. The molecule has 0 spiro atoms. The fourth-order valence-corrected chi connectivity index (χ4v) is 3.56. The predicted octanol–water partition coefficient (Wildman–Crippen LogP) is 1.64. The van der Waals surface area contributed by atoms with E-state index in [0.29, 0.717) is 39.5 Å². The van der Waals surface area contributed by atoms with E-state index in [9.17, 15) is 5.11 Å². The molecule has 1 saturated heterocycles. The van der Waals surface area contributed by atoms with Gasteiger partial charge in [0.1, 0.15) is 12.3 Å². The number of aliphatic hydroxyl groups excluding tert-OH is 1. The lowest BCUT2D eigenvalue weighted by Gasteiger charge is -2.29. The highest BCUT2D eigenvalue weighted by atomic mass is 16.5. The van der Waals surface area contributed by atoms with Gasteiger partial charge in [-0.1, -0.05) is 41.4 Å². The van der Waals surface area contributed by atoms with E-state index in [2.05, 4.69) is 20.9 Å². The molecule has 8 heteroatoms. The molecule has 2 heterocycles. The summed E-state index contributed by atoms with van der Waals surface area (Å²) < 4.78 is 21.9. The minimum absolute atomic E-state index is 0.180. The standard InChI is InChI=1S/C23H31N3O5/c1-3-12-30-18-20(27)16-25(9-13-28-2)17-21-22(19-7-5-4-6-8-19)24-31-23(21)26-10-14-29-15-11-26/h1,4-8,20,27H,9-18H2,2H3/t20-/m0/s1. The smallest absolute Gasteiger partial charge is 0.232 e. The van der Waals surface area contributed by atoms with E-state index >= 15 is 0 Å². The van der Waals surface area contributed by atoms with Crippen LogP contribution in [0.5, 0.6) is 0 Å². The number of morpholine rings is 1. The van der Waals surface area contributed by atoms with Gasteiger partial charge in [0.2, 0.25) is 5.88 Å². The maximum Gasteiger partial charge on any atom is 0.232 e. The van der Waals surface area contributed by atoms with Crippen LogP contribution in [0.15, 0.2) is 34.9 Å². The quantitative estimate of drug-likeness (QED) is 0.403. The van der Waals surface area contributed by atoms with Crippen molar-refractivity contribution in [2.75, 3.05) is 71.2 Å². The van der Waals surface area contributed by atoms with Gasteiger partial charge in [-0.3, -0.25) is 4.90 Å². The minimum Gasteiger partial charge on any atom is -0.389 e. The Morgan fingerprint density at radius 2 is 2.06 bits per heavy atom. The highest BCUT2D eigenvalue weighted by Gasteiger charge is 2.26. The third-order valence-corrected chi connectivity index (χ3v) is 5.07. The van der Waals surface area contributed by atoms with Gasteiger partial charge in [-0.05, 0) is 0 Å². The zero-order chi connectivity index (χ0) is 21.9. The van der Waals surface area contributed by atoms with E-state index in [4.69, 9.17) is 25.2 Å². The molecule has 1 N–H and O–H groups in total. The average molecular weight is 430 g/mol. The molecule has 1 aliphatic heterocycles. The highest BCUT2D eigenvalue weighted by Crippen LogP contribution is 2.33. The molecule has 0 saturated carbocycles. The van der Waals surface area contributed by atoms with E-state index in [0.717, 1.165) is 35.8 Å². The molecule has 1 fully saturated rings. The lowest BCUT2D eigenvalue weighted by molar-refractivity contribution is 0.0207. The van der Waals surface area contributed by atoms with Crippen molar-refractivity contribution >= 4 is 5.88 Å². The summed E-state index contributed by atoms with van der Waals surface area (Å²) in [6, 6.07) is 9.98. The molecular weight excluding hydrogens is 398 g/mol. The van der Waals surface area contributed by atoms with Crippen LogP contribution in [-0.4, -0.2) is 87.6 Å². The lowest BCUT2D eigenvalue weighted by Crippen LogP contribution is -2.39. The molecule has 1 aromatic carbocycles. The third kappa shape index (κ3) is 6.79. The zero-order valence-electron chi connectivity index (χ0n) is 18.0. The zero-order valence-corrected chi connectivity index (χ0v) is 18.0. The number of hydrogen-bond donors (Lipinski definition) is 1. The summed E-state index contributed by atoms with van der Waals surface area (Å²) in [4.78, 5) is 4.29. The first-order valence-electron chi connectivity index (χ1n) is 10.5. The topological polar surface area (TPSA) is 80.4 Å². The SMILES string of the molecule is C#CCOC[C@@H](O)CN(CCOC)Cc1c(-c2ccccc2)noc1N1CCOCC1. The van der Waals surface area contributed by atoms with E-state index < -0.39 is 6.10 Å². The van der Waals surface area contributed by atoms with Crippen LogP contribution in [0.1, 0.15) is 5.56 Å². The predicted molar refractivity (Wildman–Crippen MR) is 118 cm³/mol. The van der Waals surface area contributed by atoms with Gasteiger partial charge >= 0.3 is 0 Å². The van der Waals surface area contributed by atoms with Gasteiger partial charge in [-0.25, -0.2) is 0 Å². The molecule has 0 amide bonds. The number of terminal acetylenes is 1. The van der Waals surface area contributed by atoms with Gasteiger partial charge in [0.05, 0.1) is 38.1 Å². The van der Waals surface area contributed by atoms with Crippen LogP contribution in [0, 0.1) is 12.3 Å². The molecule has 0 radical (unpaired) electrons. The van der Waals surface area contributed by atoms with Crippen molar-refractivity contribution in [3.63, 3.8) is 0 Å². The van der Waals surface area contributed by atoms with Crippen molar-refractivity contribution in [3.05, 3.63) is 35.9 Å². The molecule has 1 aliphatic rings. The van der Waals surface area contributed by atoms with Gasteiger partial charge in [-0.15, -0.1) is 6.42 Å². The van der Waals surface area contributed by atoms with Gasteiger partial charge in [0, 0.05) is 45.4 Å². The van der Waals surface area contributed by atoms with Crippen LogP contribution in [0.25, 0.3) is 11.3 Å². The molecule has 0 bridgehead atoms. The van der Waals surface area contributed by atoms with Gasteiger partial charge in [0.25, 0.3) is 0 Å². The second-order valence-corrected chi connectivity index (χ2v) is 7.38. The Morgan fingerprint density at radius 3 is 2.77 bits per heavy atom. The van der Waals surface area contributed by atoms with Crippen LogP contribution in [0.4, 0.5) is 5.88 Å². The first-order valence-corrected chi connectivity index (χ1v) is 10.5. The number of methoxy groups -OCH3 is 1. The van der Waals surface area contributed by atoms with E-state index in [1.54, 1.807) is 7.11 Å². The van der Waals surface area contributed by atoms with Crippen LogP contribution in [0.2, 0.25) is 0 Å². The molecule has 1 atom stereocenters. The molecule has 168 valence electrons. The van der Waals surface area contributed by atoms with Crippen molar-refractivity contribution in [1.29, 1.82) is 0 Å². The Labute approximate surface area is 183 Å². The molecule has 0 aliphatic carbocycles. The molecule has 3 rings (SSSR count). The number of benzene rings is 1. The first-order chi connectivity index (χ1) is 15.2.